The van der Waals surface area contributed by atoms with Gasteiger partial charge in [-0.05, 0) is 37.5 Å². The van der Waals surface area contributed by atoms with Gasteiger partial charge in [0.05, 0.1) is 6.61 Å². The normalized spacial score (nSPS) is 21.8. The van der Waals surface area contributed by atoms with Crippen molar-refractivity contribution in [1.29, 1.82) is 0 Å². The Labute approximate surface area is 116 Å². The Hall–Kier alpha value is -1.28. The van der Waals surface area contributed by atoms with Gasteiger partial charge >= 0.3 is 0 Å². The van der Waals surface area contributed by atoms with Crippen LogP contribution in [0.5, 0.6) is 5.75 Å². The number of hydrogen-bond donors (Lipinski definition) is 0. The number of epoxide rings is 1. The monoisotopic (exact) mass is 260 g/mol. The van der Waals surface area contributed by atoms with Crippen molar-refractivity contribution in [3.63, 3.8) is 0 Å². The first-order valence-electron chi connectivity index (χ1n) is 7.22. The van der Waals surface area contributed by atoms with E-state index in [1.807, 2.05) is 6.07 Å². The van der Waals surface area contributed by atoms with Gasteiger partial charge in [0.25, 0.3) is 0 Å². The number of benzene rings is 1. The van der Waals surface area contributed by atoms with Gasteiger partial charge < -0.3 is 9.47 Å². The number of allylic oxidation sites excluding steroid dienone is 2. The first kappa shape index (κ1) is 14.1. The molecule has 1 aromatic carbocycles. The zero-order chi connectivity index (χ0) is 13.6. The van der Waals surface area contributed by atoms with E-state index in [0.717, 1.165) is 18.8 Å². The summed E-state index contributed by atoms with van der Waals surface area (Å²) in [5.74, 6) is 0.941. The molecule has 0 amide bonds. The van der Waals surface area contributed by atoms with Crippen molar-refractivity contribution in [3.8, 4) is 5.75 Å². The molecule has 0 saturated carbocycles. The summed E-state index contributed by atoms with van der Waals surface area (Å²) in [6, 6.07) is 8.33. The highest BCUT2D eigenvalue weighted by Gasteiger charge is 2.40. The minimum absolute atomic E-state index is 0.0456. The Morgan fingerprint density at radius 2 is 2.21 bits per heavy atom. The minimum atomic E-state index is -0.0456. The van der Waals surface area contributed by atoms with Crippen LogP contribution >= 0.6 is 0 Å². The molecule has 0 radical (unpaired) electrons. The second-order valence-electron chi connectivity index (χ2n) is 5.49. The molecule has 1 atom stereocenters. The van der Waals surface area contributed by atoms with Crippen molar-refractivity contribution in [2.45, 2.75) is 45.1 Å². The lowest BCUT2D eigenvalue weighted by molar-refractivity contribution is 0.202. The molecule has 0 aromatic heterocycles. The molecule has 104 valence electrons. The van der Waals surface area contributed by atoms with Crippen molar-refractivity contribution in [2.75, 3.05) is 13.2 Å². The molecule has 0 N–H and O–H groups in total. The summed E-state index contributed by atoms with van der Waals surface area (Å²) in [6.07, 6.45) is 9.22. The van der Waals surface area contributed by atoms with E-state index in [2.05, 4.69) is 44.2 Å². The third-order valence-electron chi connectivity index (χ3n) is 3.32. The molecular weight excluding hydrogens is 236 g/mol. The lowest BCUT2D eigenvalue weighted by Gasteiger charge is -2.09. The summed E-state index contributed by atoms with van der Waals surface area (Å²) < 4.78 is 11.1. The Morgan fingerprint density at radius 1 is 1.37 bits per heavy atom. The van der Waals surface area contributed by atoms with Gasteiger partial charge in [-0.25, -0.2) is 0 Å². The fourth-order valence-corrected chi connectivity index (χ4v) is 1.86. The molecule has 1 fully saturated rings. The standard InChI is InChI=1S/C17H24O2/c1-3-4-5-6-7-9-15-10-8-11-16(12-15)18-13-17(2)14-19-17/h6-8,10-12H,3-5,9,13-14H2,1-2H3/b7-6+. The third-order valence-corrected chi connectivity index (χ3v) is 3.32. The molecule has 1 unspecified atom stereocenters. The van der Waals surface area contributed by atoms with Crippen LogP contribution < -0.4 is 4.74 Å². The maximum absolute atomic E-state index is 5.77. The predicted molar refractivity (Wildman–Crippen MR) is 78.7 cm³/mol. The van der Waals surface area contributed by atoms with E-state index in [0.29, 0.717) is 6.61 Å². The highest BCUT2D eigenvalue weighted by atomic mass is 16.6. The molecule has 2 heteroatoms. The van der Waals surface area contributed by atoms with Crippen LogP contribution in [-0.4, -0.2) is 18.8 Å². The molecule has 1 heterocycles. The highest BCUT2D eigenvalue weighted by Crippen LogP contribution is 2.27. The first-order chi connectivity index (χ1) is 9.22. The van der Waals surface area contributed by atoms with E-state index < -0.39 is 0 Å². The topological polar surface area (TPSA) is 21.8 Å². The van der Waals surface area contributed by atoms with Gasteiger partial charge in [-0.15, -0.1) is 0 Å². The average Bonchev–Trinajstić information content (AvgIpc) is 3.15. The van der Waals surface area contributed by atoms with Gasteiger partial charge in [-0.3, -0.25) is 0 Å². The zero-order valence-electron chi connectivity index (χ0n) is 12.0. The van der Waals surface area contributed by atoms with E-state index in [1.165, 1.54) is 24.8 Å². The molecule has 1 aromatic rings. The van der Waals surface area contributed by atoms with Crippen LogP contribution in [0.3, 0.4) is 0 Å². The summed E-state index contributed by atoms with van der Waals surface area (Å²) in [7, 11) is 0. The summed E-state index contributed by atoms with van der Waals surface area (Å²) in [6.45, 7) is 5.75. The summed E-state index contributed by atoms with van der Waals surface area (Å²) in [5, 5.41) is 0. The molecule has 2 rings (SSSR count). The van der Waals surface area contributed by atoms with Gasteiger partial charge in [0.1, 0.15) is 18.0 Å². The smallest absolute Gasteiger partial charge is 0.123 e. The van der Waals surface area contributed by atoms with Gasteiger partial charge in [-0.1, -0.05) is 44.1 Å². The van der Waals surface area contributed by atoms with Gasteiger partial charge in [0, 0.05) is 0 Å². The van der Waals surface area contributed by atoms with Crippen LogP contribution in [-0.2, 0) is 11.2 Å². The van der Waals surface area contributed by atoms with E-state index >= 15 is 0 Å². The Bertz CT molecular complexity index is 419. The largest absolute Gasteiger partial charge is 0.490 e. The Balaban J connectivity index is 1.79. The molecule has 0 aliphatic carbocycles. The second kappa shape index (κ2) is 6.76. The SMILES string of the molecule is CCCC/C=C/Cc1cccc(OCC2(C)CO2)c1. The fourth-order valence-electron chi connectivity index (χ4n) is 1.86. The molecule has 19 heavy (non-hydrogen) atoms. The van der Waals surface area contributed by atoms with Crippen LogP contribution in [0, 0.1) is 0 Å². The minimum Gasteiger partial charge on any atom is -0.490 e. The second-order valence-corrected chi connectivity index (χ2v) is 5.49. The van der Waals surface area contributed by atoms with Crippen LogP contribution in [0.4, 0.5) is 0 Å². The lowest BCUT2D eigenvalue weighted by atomic mass is 10.1. The summed E-state index contributed by atoms with van der Waals surface area (Å²) in [5.41, 5.74) is 1.25. The van der Waals surface area contributed by atoms with Gasteiger partial charge in [0.2, 0.25) is 0 Å². The highest BCUT2D eigenvalue weighted by molar-refractivity contribution is 5.30. The van der Waals surface area contributed by atoms with E-state index in [9.17, 15) is 0 Å². The first-order valence-corrected chi connectivity index (χ1v) is 7.22. The van der Waals surface area contributed by atoms with Crippen LogP contribution in [0.25, 0.3) is 0 Å². The molecule has 2 nitrogen and oxygen atoms in total. The van der Waals surface area contributed by atoms with Gasteiger partial charge in [-0.2, -0.15) is 0 Å². The number of rotatable bonds is 8. The molecule has 1 aliphatic rings. The molecule has 0 bridgehead atoms. The Kier molecular flexibility index (Phi) is 5.03. The maximum atomic E-state index is 5.77. The number of hydrogen-bond acceptors (Lipinski definition) is 2. The summed E-state index contributed by atoms with van der Waals surface area (Å²) in [4.78, 5) is 0. The van der Waals surface area contributed by atoms with Crippen LogP contribution in [0.2, 0.25) is 0 Å². The van der Waals surface area contributed by atoms with Crippen LogP contribution in [0.15, 0.2) is 36.4 Å². The fraction of sp³-hybridized carbons (Fsp3) is 0.529. The lowest BCUT2D eigenvalue weighted by Crippen LogP contribution is -2.16. The molecular formula is C17H24O2. The van der Waals surface area contributed by atoms with Crippen molar-refractivity contribution in [1.82, 2.24) is 0 Å². The maximum Gasteiger partial charge on any atom is 0.123 e. The van der Waals surface area contributed by atoms with Crippen molar-refractivity contribution in [2.24, 2.45) is 0 Å². The molecule has 1 aliphatic heterocycles. The Morgan fingerprint density at radius 3 is 2.95 bits per heavy atom. The predicted octanol–water partition coefficient (Wildman–Crippen LogP) is 4.14. The quantitative estimate of drug-likeness (QED) is 0.398. The zero-order valence-corrected chi connectivity index (χ0v) is 12.0. The van der Waals surface area contributed by atoms with Crippen molar-refractivity contribution < 1.29 is 9.47 Å². The summed E-state index contributed by atoms with van der Waals surface area (Å²) >= 11 is 0. The number of ether oxygens (including phenoxy) is 2. The van der Waals surface area contributed by atoms with Crippen molar-refractivity contribution >= 4 is 0 Å². The van der Waals surface area contributed by atoms with Crippen molar-refractivity contribution in [3.05, 3.63) is 42.0 Å². The number of unbranched alkanes of at least 4 members (excludes halogenated alkanes) is 2. The molecule has 1 saturated heterocycles. The van der Waals surface area contributed by atoms with E-state index in [-0.39, 0.29) is 5.60 Å². The van der Waals surface area contributed by atoms with Crippen LogP contribution in [0.1, 0.15) is 38.7 Å². The van der Waals surface area contributed by atoms with Gasteiger partial charge in [0.15, 0.2) is 0 Å². The van der Waals surface area contributed by atoms with E-state index in [4.69, 9.17) is 9.47 Å². The average molecular weight is 260 g/mol. The third kappa shape index (κ3) is 5.07. The van der Waals surface area contributed by atoms with E-state index in [1.54, 1.807) is 0 Å². The molecule has 0 spiro atoms.